The van der Waals surface area contributed by atoms with E-state index < -0.39 is 0 Å². The highest BCUT2D eigenvalue weighted by Gasteiger charge is 2.15. The Morgan fingerprint density at radius 3 is 2.89 bits per heavy atom. The number of hydrogen-bond donors (Lipinski definition) is 2. The van der Waals surface area contributed by atoms with E-state index in [0.717, 1.165) is 15.1 Å². The topological polar surface area (TPSA) is 47.3 Å². The van der Waals surface area contributed by atoms with Crippen LogP contribution in [-0.2, 0) is 0 Å². The molecule has 0 aliphatic rings. The molecule has 18 heavy (non-hydrogen) atoms. The molecule has 0 aliphatic heterocycles. The Morgan fingerprint density at radius 2 is 2.28 bits per heavy atom. The fraction of sp³-hybridized carbons (Fsp3) is 0.167. The number of thiophene rings is 1. The summed E-state index contributed by atoms with van der Waals surface area (Å²) in [5.74, 6) is 6.29. The first kappa shape index (κ1) is 13.8. The Labute approximate surface area is 123 Å². The second-order valence-electron chi connectivity index (χ2n) is 3.62. The van der Waals surface area contributed by atoms with Crippen LogP contribution in [0, 0.1) is 0 Å². The van der Waals surface area contributed by atoms with Crippen molar-refractivity contribution in [1.82, 2.24) is 5.43 Å². The summed E-state index contributed by atoms with van der Waals surface area (Å²) in [6.45, 7) is 0.440. The quantitative estimate of drug-likeness (QED) is 0.640. The highest BCUT2D eigenvalue weighted by Crippen LogP contribution is 2.29. The second kappa shape index (κ2) is 6.54. The van der Waals surface area contributed by atoms with Crippen LogP contribution in [0.2, 0.25) is 5.02 Å². The maximum absolute atomic E-state index is 5.89. The molecule has 0 spiro atoms. The van der Waals surface area contributed by atoms with Gasteiger partial charge in [0.2, 0.25) is 0 Å². The van der Waals surface area contributed by atoms with E-state index in [1.54, 1.807) is 17.4 Å². The van der Waals surface area contributed by atoms with Crippen molar-refractivity contribution in [3.63, 3.8) is 0 Å². The molecule has 2 aromatic rings. The summed E-state index contributed by atoms with van der Waals surface area (Å²) in [6.07, 6.45) is 0. The summed E-state index contributed by atoms with van der Waals surface area (Å²) in [6, 6.07) is 9.23. The lowest BCUT2D eigenvalue weighted by Gasteiger charge is -2.16. The number of rotatable bonds is 5. The molecule has 0 fully saturated rings. The first-order valence-electron chi connectivity index (χ1n) is 5.28. The predicted molar refractivity (Wildman–Crippen MR) is 79.0 cm³/mol. The molecule has 6 heteroatoms. The molecule has 1 heterocycles. The van der Waals surface area contributed by atoms with Crippen molar-refractivity contribution in [1.29, 1.82) is 0 Å². The Morgan fingerprint density at radius 1 is 1.44 bits per heavy atom. The molecular weight excluding hydrogens is 336 g/mol. The minimum absolute atomic E-state index is 0.0571. The number of ether oxygens (including phenoxy) is 1. The Bertz CT molecular complexity index is 520. The molecule has 3 N–H and O–H groups in total. The molecule has 0 saturated carbocycles. The van der Waals surface area contributed by atoms with Gasteiger partial charge < -0.3 is 4.74 Å². The molecule has 2 rings (SSSR count). The van der Waals surface area contributed by atoms with E-state index in [4.69, 9.17) is 22.2 Å². The van der Waals surface area contributed by atoms with E-state index in [0.29, 0.717) is 11.6 Å². The largest absolute Gasteiger partial charge is 0.491 e. The van der Waals surface area contributed by atoms with Crippen molar-refractivity contribution in [3.8, 4) is 5.75 Å². The van der Waals surface area contributed by atoms with E-state index in [9.17, 15) is 0 Å². The first-order valence-corrected chi connectivity index (χ1v) is 7.33. The van der Waals surface area contributed by atoms with Crippen molar-refractivity contribution < 1.29 is 4.74 Å². The van der Waals surface area contributed by atoms with Crippen LogP contribution < -0.4 is 16.0 Å². The zero-order valence-electron chi connectivity index (χ0n) is 9.40. The van der Waals surface area contributed by atoms with E-state index in [1.165, 1.54) is 0 Å². The maximum Gasteiger partial charge on any atom is 0.120 e. The molecule has 0 bridgehead atoms. The van der Waals surface area contributed by atoms with Crippen LogP contribution in [0.5, 0.6) is 5.75 Å². The summed E-state index contributed by atoms with van der Waals surface area (Å²) in [4.78, 5) is 1.11. The van der Waals surface area contributed by atoms with Gasteiger partial charge in [0.15, 0.2) is 0 Å². The standard InChI is InChI=1S/C12H12BrClN2OS/c13-10-4-5-18-12(10)11(16-15)7-17-9-3-1-2-8(14)6-9/h1-6,11,16H,7,15H2. The lowest BCUT2D eigenvalue weighted by Crippen LogP contribution is -2.31. The summed E-state index contributed by atoms with van der Waals surface area (Å²) in [7, 11) is 0. The third-order valence-corrected chi connectivity index (χ3v) is 4.59. The van der Waals surface area contributed by atoms with E-state index in [1.807, 2.05) is 29.6 Å². The number of hydrazine groups is 1. The van der Waals surface area contributed by atoms with Crippen molar-refractivity contribution >= 4 is 38.9 Å². The van der Waals surface area contributed by atoms with Gasteiger partial charge in [0.25, 0.3) is 0 Å². The van der Waals surface area contributed by atoms with Gasteiger partial charge >= 0.3 is 0 Å². The Balaban J connectivity index is 2.02. The smallest absolute Gasteiger partial charge is 0.120 e. The number of hydrogen-bond acceptors (Lipinski definition) is 4. The third kappa shape index (κ3) is 3.46. The van der Waals surface area contributed by atoms with E-state index in [-0.39, 0.29) is 6.04 Å². The minimum atomic E-state index is -0.0571. The highest BCUT2D eigenvalue weighted by molar-refractivity contribution is 9.10. The van der Waals surface area contributed by atoms with Crippen LogP contribution in [0.1, 0.15) is 10.9 Å². The lowest BCUT2D eigenvalue weighted by molar-refractivity contribution is 0.269. The van der Waals surface area contributed by atoms with Gasteiger partial charge in [-0.25, -0.2) is 5.43 Å². The fourth-order valence-electron chi connectivity index (χ4n) is 1.49. The monoisotopic (exact) mass is 346 g/mol. The van der Waals surface area contributed by atoms with Gasteiger partial charge in [0.1, 0.15) is 12.4 Å². The van der Waals surface area contributed by atoms with E-state index >= 15 is 0 Å². The van der Waals surface area contributed by atoms with Crippen LogP contribution in [0.4, 0.5) is 0 Å². The van der Waals surface area contributed by atoms with Gasteiger partial charge in [-0.3, -0.25) is 5.84 Å². The zero-order valence-corrected chi connectivity index (χ0v) is 12.6. The van der Waals surface area contributed by atoms with Gasteiger partial charge in [-0.1, -0.05) is 17.7 Å². The number of halogens is 2. The van der Waals surface area contributed by atoms with Crippen molar-refractivity contribution in [2.24, 2.45) is 5.84 Å². The molecule has 1 aromatic heterocycles. The van der Waals surface area contributed by atoms with Gasteiger partial charge in [0, 0.05) is 14.4 Å². The molecule has 1 unspecified atom stereocenters. The molecule has 1 aromatic carbocycles. The van der Waals surface area contributed by atoms with Crippen LogP contribution in [-0.4, -0.2) is 6.61 Å². The molecule has 0 radical (unpaired) electrons. The first-order chi connectivity index (χ1) is 8.70. The van der Waals surface area contributed by atoms with Crippen LogP contribution in [0.3, 0.4) is 0 Å². The summed E-state index contributed by atoms with van der Waals surface area (Å²) in [5, 5.41) is 2.66. The van der Waals surface area contributed by atoms with Gasteiger partial charge in [-0.2, -0.15) is 0 Å². The number of benzene rings is 1. The lowest BCUT2D eigenvalue weighted by atomic mass is 10.2. The van der Waals surface area contributed by atoms with Crippen molar-refractivity contribution in [2.75, 3.05) is 6.61 Å². The average Bonchev–Trinajstić information content (AvgIpc) is 2.77. The SMILES string of the molecule is NNC(COc1cccc(Cl)c1)c1sccc1Br. The van der Waals surface area contributed by atoms with E-state index in [2.05, 4.69) is 21.4 Å². The molecule has 0 aliphatic carbocycles. The fourth-order valence-corrected chi connectivity index (χ4v) is 3.37. The van der Waals surface area contributed by atoms with Crippen LogP contribution in [0.25, 0.3) is 0 Å². The minimum Gasteiger partial charge on any atom is -0.491 e. The Hall–Kier alpha value is -0.590. The van der Waals surface area contributed by atoms with Gasteiger partial charge in [0.05, 0.1) is 6.04 Å². The third-order valence-electron chi connectivity index (χ3n) is 2.38. The van der Waals surface area contributed by atoms with Crippen LogP contribution in [0.15, 0.2) is 40.2 Å². The van der Waals surface area contributed by atoms with Gasteiger partial charge in [-0.15, -0.1) is 11.3 Å². The van der Waals surface area contributed by atoms with Crippen LogP contribution >= 0.6 is 38.9 Å². The second-order valence-corrected chi connectivity index (χ2v) is 5.86. The molecule has 0 saturated heterocycles. The number of nitrogens with one attached hydrogen (secondary N) is 1. The Kier molecular flexibility index (Phi) is 5.03. The zero-order chi connectivity index (χ0) is 13.0. The van der Waals surface area contributed by atoms with Crippen molar-refractivity contribution in [2.45, 2.75) is 6.04 Å². The molecule has 3 nitrogen and oxygen atoms in total. The number of nitrogens with two attached hydrogens (primary N) is 1. The average molecular weight is 348 g/mol. The molecule has 96 valence electrons. The van der Waals surface area contributed by atoms with Crippen molar-refractivity contribution in [3.05, 3.63) is 50.1 Å². The normalized spacial score (nSPS) is 12.4. The summed E-state index contributed by atoms with van der Waals surface area (Å²) in [5.41, 5.74) is 2.75. The summed E-state index contributed by atoms with van der Waals surface area (Å²) >= 11 is 11.0. The highest BCUT2D eigenvalue weighted by atomic mass is 79.9. The van der Waals surface area contributed by atoms with Gasteiger partial charge in [-0.05, 0) is 45.6 Å². The summed E-state index contributed by atoms with van der Waals surface area (Å²) < 4.78 is 6.71. The maximum atomic E-state index is 5.89. The molecule has 1 atom stereocenters. The predicted octanol–water partition coefficient (Wildman–Crippen LogP) is 3.75. The molecular formula is C12H12BrClN2OS. The molecule has 0 amide bonds.